The number of ether oxygens (including phenoxy) is 3. The molecule has 0 N–H and O–H groups in total. The number of thioether (sulfide) groups is 1. The first-order valence-corrected chi connectivity index (χ1v) is 9.88. The molecule has 1 fully saturated rings. The number of benzene rings is 2. The van der Waals surface area contributed by atoms with Crippen LogP contribution in [0.3, 0.4) is 0 Å². The second-order valence-corrected chi connectivity index (χ2v) is 7.67. The third kappa shape index (κ3) is 4.02. The smallest absolute Gasteiger partial charge is 0.293 e. The van der Waals surface area contributed by atoms with Crippen LogP contribution < -0.4 is 14.2 Å². The van der Waals surface area contributed by atoms with E-state index in [1.807, 2.05) is 24.3 Å². The second kappa shape index (κ2) is 8.70. The lowest BCUT2D eigenvalue weighted by Gasteiger charge is -2.14. The van der Waals surface area contributed by atoms with Crippen molar-refractivity contribution >= 4 is 44.9 Å². The first-order valence-electron chi connectivity index (χ1n) is 8.27. The number of methoxy groups -OCH3 is 3. The zero-order valence-corrected chi connectivity index (χ0v) is 17.9. The molecule has 3 rings (SSSR count). The number of hydrogen-bond acceptors (Lipinski definition) is 6. The van der Waals surface area contributed by atoms with Crippen LogP contribution in [0.4, 0.5) is 4.79 Å². The van der Waals surface area contributed by atoms with Crippen molar-refractivity contribution in [1.82, 2.24) is 4.90 Å². The van der Waals surface area contributed by atoms with Gasteiger partial charge in [-0.05, 0) is 47.2 Å². The number of nitrogens with zero attached hydrogens (tertiary/aromatic N) is 1. The Labute approximate surface area is 175 Å². The van der Waals surface area contributed by atoms with Crippen molar-refractivity contribution in [2.24, 2.45) is 0 Å². The molecule has 2 aromatic carbocycles. The summed E-state index contributed by atoms with van der Waals surface area (Å²) in [6.45, 7) is 0.207. The number of rotatable bonds is 6. The Morgan fingerprint density at radius 3 is 2.25 bits per heavy atom. The Morgan fingerprint density at radius 2 is 1.68 bits per heavy atom. The number of carbonyl (C=O) groups excluding carboxylic acids is 2. The van der Waals surface area contributed by atoms with Gasteiger partial charge in [-0.1, -0.05) is 34.1 Å². The molecule has 2 amide bonds. The predicted molar refractivity (Wildman–Crippen MR) is 112 cm³/mol. The highest BCUT2D eigenvalue weighted by atomic mass is 79.9. The topological polar surface area (TPSA) is 65.1 Å². The summed E-state index contributed by atoms with van der Waals surface area (Å²) in [5.41, 5.74) is 1.53. The van der Waals surface area contributed by atoms with Gasteiger partial charge in [0.1, 0.15) is 0 Å². The summed E-state index contributed by atoms with van der Waals surface area (Å²) in [7, 11) is 4.56. The van der Waals surface area contributed by atoms with Gasteiger partial charge in [0, 0.05) is 4.47 Å². The number of hydrogen-bond donors (Lipinski definition) is 0. The normalized spacial score (nSPS) is 15.3. The van der Waals surface area contributed by atoms with E-state index in [9.17, 15) is 9.59 Å². The molecule has 1 aliphatic heterocycles. The Bertz CT molecular complexity index is 934. The largest absolute Gasteiger partial charge is 0.493 e. The van der Waals surface area contributed by atoms with E-state index in [1.165, 1.54) is 26.2 Å². The van der Waals surface area contributed by atoms with Gasteiger partial charge >= 0.3 is 0 Å². The quantitative estimate of drug-likeness (QED) is 0.577. The van der Waals surface area contributed by atoms with Gasteiger partial charge in [-0.25, -0.2) is 0 Å². The fraction of sp³-hybridized carbons (Fsp3) is 0.200. The first-order chi connectivity index (χ1) is 13.5. The minimum atomic E-state index is -0.334. The van der Waals surface area contributed by atoms with Crippen LogP contribution in [-0.2, 0) is 11.3 Å². The highest BCUT2D eigenvalue weighted by molar-refractivity contribution is 9.10. The molecule has 1 saturated heterocycles. The molecule has 0 saturated carbocycles. The van der Waals surface area contributed by atoms with Gasteiger partial charge in [0.25, 0.3) is 11.1 Å². The Balaban J connectivity index is 1.90. The number of amides is 2. The lowest BCUT2D eigenvalue weighted by atomic mass is 10.1. The Kier molecular flexibility index (Phi) is 6.31. The van der Waals surface area contributed by atoms with Crippen molar-refractivity contribution in [3.63, 3.8) is 0 Å². The van der Waals surface area contributed by atoms with Gasteiger partial charge in [0.15, 0.2) is 11.5 Å². The van der Waals surface area contributed by atoms with Crippen molar-refractivity contribution in [1.29, 1.82) is 0 Å². The molecule has 1 heterocycles. The number of halogens is 1. The maximum atomic E-state index is 12.8. The highest BCUT2D eigenvalue weighted by Crippen LogP contribution is 2.40. The summed E-state index contributed by atoms with van der Waals surface area (Å²) in [4.78, 5) is 26.7. The molecule has 1 aliphatic rings. The molecule has 0 atom stereocenters. The summed E-state index contributed by atoms with van der Waals surface area (Å²) < 4.78 is 16.8. The summed E-state index contributed by atoms with van der Waals surface area (Å²) in [6, 6.07) is 10.9. The number of carbonyl (C=O) groups is 2. The molecule has 6 nitrogen and oxygen atoms in total. The van der Waals surface area contributed by atoms with Crippen LogP contribution in [0.1, 0.15) is 11.1 Å². The van der Waals surface area contributed by atoms with Gasteiger partial charge in [0.2, 0.25) is 5.75 Å². The van der Waals surface area contributed by atoms with E-state index in [0.717, 1.165) is 21.8 Å². The van der Waals surface area contributed by atoms with Gasteiger partial charge in [-0.15, -0.1) is 0 Å². The Hall–Kier alpha value is -2.45. The minimum absolute atomic E-state index is 0.207. The monoisotopic (exact) mass is 463 g/mol. The minimum Gasteiger partial charge on any atom is -0.493 e. The maximum absolute atomic E-state index is 12.8. The van der Waals surface area contributed by atoms with E-state index < -0.39 is 0 Å². The van der Waals surface area contributed by atoms with Gasteiger partial charge in [0.05, 0.1) is 32.8 Å². The molecule has 0 spiro atoms. The lowest BCUT2D eigenvalue weighted by Crippen LogP contribution is -2.27. The van der Waals surface area contributed by atoms with Crippen LogP contribution in [0.15, 0.2) is 45.8 Å². The van der Waals surface area contributed by atoms with Crippen LogP contribution in [0.2, 0.25) is 0 Å². The van der Waals surface area contributed by atoms with Crippen LogP contribution in [-0.4, -0.2) is 37.4 Å². The van der Waals surface area contributed by atoms with Gasteiger partial charge in [-0.3, -0.25) is 14.5 Å². The van der Waals surface area contributed by atoms with E-state index in [4.69, 9.17) is 14.2 Å². The molecule has 0 aliphatic carbocycles. The van der Waals surface area contributed by atoms with Crippen molar-refractivity contribution in [3.05, 3.63) is 56.9 Å². The van der Waals surface area contributed by atoms with E-state index in [0.29, 0.717) is 27.7 Å². The highest BCUT2D eigenvalue weighted by Gasteiger charge is 2.35. The molecule has 0 unspecified atom stereocenters. The molecule has 0 bridgehead atoms. The maximum Gasteiger partial charge on any atom is 0.293 e. The third-order valence-electron chi connectivity index (χ3n) is 4.14. The van der Waals surface area contributed by atoms with Crippen LogP contribution in [0.25, 0.3) is 6.08 Å². The molecule has 8 heteroatoms. The summed E-state index contributed by atoms with van der Waals surface area (Å²) in [5.74, 6) is 1.07. The third-order valence-corrected chi connectivity index (χ3v) is 5.83. The molecular formula is C20H18BrNO5S. The summed E-state index contributed by atoms with van der Waals surface area (Å²) >= 11 is 4.36. The number of imide groups is 1. The predicted octanol–water partition coefficient (Wildman–Crippen LogP) is 4.71. The summed E-state index contributed by atoms with van der Waals surface area (Å²) in [6.07, 6.45) is 1.65. The first kappa shape index (κ1) is 20.3. The second-order valence-electron chi connectivity index (χ2n) is 5.82. The molecule has 0 radical (unpaired) electrons. The fourth-order valence-electron chi connectivity index (χ4n) is 2.77. The molecule has 146 valence electrons. The van der Waals surface area contributed by atoms with Crippen molar-refractivity contribution in [2.75, 3.05) is 21.3 Å². The fourth-order valence-corrected chi connectivity index (χ4v) is 4.02. The van der Waals surface area contributed by atoms with Gasteiger partial charge in [-0.2, -0.15) is 0 Å². The Morgan fingerprint density at radius 1 is 1.04 bits per heavy atom. The van der Waals surface area contributed by atoms with Crippen LogP contribution in [0, 0.1) is 0 Å². The molecular weight excluding hydrogens is 446 g/mol. The van der Waals surface area contributed by atoms with Crippen molar-refractivity contribution in [3.8, 4) is 17.2 Å². The van der Waals surface area contributed by atoms with E-state index in [2.05, 4.69) is 15.9 Å². The lowest BCUT2D eigenvalue weighted by molar-refractivity contribution is -0.123. The summed E-state index contributed by atoms with van der Waals surface area (Å²) in [5, 5.41) is -0.306. The van der Waals surface area contributed by atoms with Gasteiger partial charge < -0.3 is 14.2 Å². The van der Waals surface area contributed by atoms with Crippen LogP contribution in [0.5, 0.6) is 17.2 Å². The van der Waals surface area contributed by atoms with E-state index >= 15 is 0 Å². The van der Waals surface area contributed by atoms with E-state index in [-0.39, 0.29) is 17.7 Å². The van der Waals surface area contributed by atoms with Crippen molar-refractivity contribution < 1.29 is 23.8 Å². The average molecular weight is 464 g/mol. The molecule has 2 aromatic rings. The van der Waals surface area contributed by atoms with Crippen molar-refractivity contribution in [2.45, 2.75) is 6.54 Å². The zero-order valence-electron chi connectivity index (χ0n) is 15.5. The molecule has 0 aromatic heterocycles. The standard InChI is InChI=1S/C20H18BrNO5S/c1-25-15-8-12(9-16(26-2)18(15)27-3)10-17-19(23)22(20(24)28-17)11-13-6-4-5-7-14(13)21/h4-10H,11H2,1-3H3/b17-10+. The zero-order chi connectivity index (χ0) is 20.3. The SMILES string of the molecule is COc1cc(/C=C2/SC(=O)N(Cc3ccccc3Br)C2=O)cc(OC)c1OC. The average Bonchev–Trinajstić information content (AvgIpc) is 2.96. The van der Waals surface area contributed by atoms with E-state index in [1.54, 1.807) is 18.2 Å². The molecule has 28 heavy (non-hydrogen) atoms. The van der Waals surface area contributed by atoms with Crippen LogP contribution >= 0.6 is 27.7 Å².